The zero-order chi connectivity index (χ0) is 10.8. The highest BCUT2D eigenvalue weighted by Crippen LogP contribution is 2.23. The standard InChI is InChI=1S/C12H15FO/c1-9(14)10-4-6-11(7-5-10)12(2,3)8-13/h4-7H,8H2,1-3H3. The molecule has 1 aromatic rings. The quantitative estimate of drug-likeness (QED) is 0.675. The van der Waals surface area contributed by atoms with Crippen molar-refractivity contribution in [2.75, 3.05) is 6.67 Å². The van der Waals surface area contributed by atoms with Crippen LogP contribution in [-0.4, -0.2) is 12.5 Å². The molecule has 0 spiro atoms. The molecule has 1 aromatic carbocycles. The Kier molecular flexibility index (Phi) is 3.04. The van der Waals surface area contributed by atoms with Crippen molar-refractivity contribution in [2.24, 2.45) is 0 Å². The van der Waals surface area contributed by atoms with Crippen LogP contribution in [0.1, 0.15) is 36.7 Å². The minimum absolute atomic E-state index is 0.0367. The Balaban J connectivity index is 2.99. The van der Waals surface area contributed by atoms with Crippen LogP contribution in [-0.2, 0) is 5.41 Å². The van der Waals surface area contributed by atoms with Gasteiger partial charge in [-0.1, -0.05) is 38.1 Å². The summed E-state index contributed by atoms with van der Waals surface area (Å²) in [6.45, 7) is 4.81. The molecule has 0 saturated carbocycles. The van der Waals surface area contributed by atoms with E-state index in [4.69, 9.17) is 0 Å². The van der Waals surface area contributed by atoms with E-state index < -0.39 is 12.1 Å². The third-order valence-electron chi connectivity index (χ3n) is 2.41. The SMILES string of the molecule is CC(=O)c1ccc(C(C)(C)CF)cc1. The van der Waals surface area contributed by atoms with Gasteiger partial charge in [0.25, 0.3) is 0 Å². The molecule has 0 unspecified atom stereocenters. The van der Waals surface area contributed by atoms with Gasteiger partial charge in [0.2, 0.25) is 0 Å². The molecule has 0 atom stereocenters. The molecule has 0 N–H and O–H groups in total. The van der Waals surface area contributed by atoms with Gasteiger partial charge in [-0.3, -0.25) is 9.18 Å². The minimum Gasteiger partial charge on any atom is -0.295 e. The molecule has 14 heavy (non-hydrogen) atoms. The van der Waals surface area contributed by atoms with E-state index in [1.807, 2.05) is 26.0 Å². The van der Waals surface area contributed by atoms with Crippen molar-refractivity contribution in [3.8, 4) is 0 Å². The fourth-order valence-corrected chi connectivity index (χ4v) is 1.23. The van der Waals surface area contributed by atoms with Crippen LogP contribution >= 0.6 is 0 Å². The van der Waals surface area contributed by atoms with Crippen LogP contribution in [0, 0.1) is 0 Å². The molecule has 0 fully saturated rings. The first kappa shape index (κ1) is 10.9. The Hall–Kier alpha value is -1.18. The van der Waals surface area contributed by atoms with Crippen LogP contribution in [0.4, 0.5) is 4.39 Å². The molecule has 0 bridgehead atoms. The van der Waals surface area contributed by atoms with E-state index in [0.717, 1.165) is 5.56 Å². The summed E-state index contributed by atoms with van der Waals surface area (Å²) in [5.41, 5.74) is 1.13. The largest absolute Gasteiger partial charge is 0.295 e. The molecule has 0 amide bonds. The van der Waals surface area contributed by atoms with E-state index in [1.165, 1.54) is 6.92 Å². The van der Waals surface area contributed by atoms with Gasteiger partial charge in [0.15, 0.2) is 5.78 Å². The molecule has 0 saturated heterocycles. The molecule has 1 rings (SSSR count). The van der Waals surface area contributed by atoms with Crippen LogP contribution in [0.15, 0.2) is 24.3 Å². The summed E-state index contributed by atoms with van der Waals surface area (Å²) in [7, 11) is 0. The first-order valence-corrected chi connectivity index (χ1v) is 4.65. The molecule has 0 heterocycles. The third kappa shape index (κ3) is 2.19. The fraction of sp³-hybridized carbons (Fsp3) is 0.417. The van der Waals surface area contributed by atoms with Gasteiger partial charge in [-0.05, 0) is 12.5 Å². The Morgan fingerprint density at radius 1 is 1.29 bits per heavy atom. The van der Waals surface area contributed by atoms with E-state index in [9.17, 15) is 9.18 Å². The highest BCUT2D eigenvalue weighted by molar-refractivity contribution is 5.94. The van der Waals surface area contributed by atoms with Crippen molar-refractivity contribution in [1.82, 2.24) is 0 Å². The number of carbonyl (C=O) groups is 1. The van der Waals surface area contributed by atoms with Crippen molar-refractivity contribution >= 4 is 5.78 Å². The van der Waals surface area contributed by atoms with Crippen LogP contribution in [0.2, 0.25) is 0 Å². The van der Waals surface area contributed by atoms with Crippen molar-refractivity contribution < 1.29 is 9.18 Å². The van der Waals surface area contributed by atoms with Crippen LogP contribution < -0.4 is 0 Å². The number of hydrogen-bond donors (Lipinski definition) is 0. The first-order chi connectivity index (χ1) is 6.47. The van der Waals surface area contributed by atoms with Crippen molar-refractivity contribution in [3.63, 3.8) is 0 Å². The minimum atomic E-state index is -0.463. The average Bonchev–Trinajstić information content (AvgIpc) is 2.18. The number of ketones is 1. The first-order valence-electron chi connectivity index (χ1n) is 4.65. The molecule has 76 valence electrons. The second kappa shape index (κ2) is 3.91. The van der Waals surface area contributed by atoms with Crippen LogP contribution in [0.25, 0.3) is 0 Å². The van der Waals surface area contributed by atoms with E-state index >= 15 is 0 Å². The van der Waals surface area contributed by atoms with Gasteiger partial charge in [0.05, 0.1) is 6.67 Å². The molecule has 2 heteroatoms. The molecule has 0 aliphatic carbocycles. The zero-order valence-corrected chi connectivity index (χ0v) is 8.80. The molecular weight excluding hydrogens is 179 g/mol. The Morgan fingerprint density at radius 3 is 2.14 bits per heavy atom. The van der Waals surface area contributed by atoms with Crippen molar-refractivity contribution in [1.29, 1.82) is 0 Å². The van der Waals surface area contributed by atoms with Crippen LogP contribution in [0.5, 0.6) is 0 Å². The molecule has 0 aliphatic heterocycles. The van der Waals surface area contributed by atoms with E-state index in [0.29, 0.717) is 5.56 Å². The van der Waals surface area contributed by atoms with Gasteiger partial charge < -0.3 is 0 Å². The Bertz CT molecular complexity index is 325. The number of carbonyl (C=O) groups excluding carboxylic acids is 1. The molecule has 0 radical (unpaired) electrons. The van der Waals surface area contributed by atoms with E-state index in [-0.39, 0.29) is 5.78 Å². The Labute approximate surface area is 83.9 Å². The lowest BCUT2D eigenvalue weighted by atomic mass is 9.85. The summed E-state index contributed by atoms with van der Waals surface area (Å²) in [6, 6.07) is 7.12. The molecule has 0 aliphatic rings. The maximum absolute atomic E-state index is 12.6. The number of rotatable bonds is 3. The second-order valence-electron chi connectivity index (χ2n) is 4.15. The molecular formula is C12H15FO. The van der Waals surface area contributed by atoms with Gasteiger partial charge in [-0.2, -0.15) is 0 Å². The van der Waals surface area contributed by atoms with Gasteiger partial charge in [-0.15, -0.1) is 0 Å². The monoisotopic (exact) mass is 194 g/mol. The van der Waals surface area contributed by atoms with Gasteiger partial charge in [0, 0.05) is 11.0 Å². The highest BCUT2D eigenvalue weighted by Gasteiger charge is 2.20. The summed E-state index contributed by atoms with van der Waals surface area (Å²) in [4.78, 5) is 11.0. The van der Waals surface area contributed by atoms with Gasteiger partial charge >= 0.3 is 0 Å². The Morgan fingerprint density at radius 2 is 1.79 bits per heavy atom. The smallest absolute Gasteiger partial charge is 0.159 e. The number of benzene rings is 1. The maximum atomic E-state index is 12.6. The summed E-state index contributed by atoms with van der Waals surface area (Å²) in [6.07, 6.45) is 0. The third-order valence-corrected chi connectivity index (χ3v) is 2.41. The lowest BCUT2D eigenvalue weighted by molar-refractivity contribution is 0.101. The fourth-order valence-electron chi connectivity index (χ4n) is 1.23. The lowest BCUT2D eigenvalue weighted by Crippen LogP contribution is -2.19. The van der Waals surface area contributed by atoms with E-state index in [1.54, 1.807) is 12.1 Å². The van der Waals surface area contributed by atoms with Crippen LogP contribution in [0.3, 0.4) is 0 Å². The number of alkyl halides is 1. The normalized spacial score (nSPS) is 11.4. The second-order valence-corrected chi connectivity index (χ2v) is 4.15. The number of halogens is 1. The highest BCUT2D eigenvalue weighted by atomic mass is 19.1. The summed E-state index contributed by atoms with van der Waals surface area (Å²) < 4.78 is 12.6. The predicted octanol–water partition coefficient (Wildman–Crippen LogP) is 3.14. The number of Topliss-reactive ketones (excluding diaryl/α,β-unsaturated/α-hetero) is 1. The van der Waals surface area contributed by atoms with E-state index in [2.05, 4.69) is 0 Å². The van der Waals surface area contributed by atoms with Crippen molar-refractivity contribution in [3.05, 3.63) is 35.4 Å². The summed E-state index contributed by atoms with van der Waals surface area (Å²) >= 11 is 0. The predicted molar refractivity (Wildman–Crippen MR) is 55.4 cm³/mol. The lowest BCUT2D eigenvalue weighted by Gasteiger charge is -2.20. The molecule has 1 nitrogen and oxygen atoms in total. The zero-order valence-electron chi connectivity index (χ0n) is 8.80. The van der Waals surface area contributed by atoms with Gasteiger partial charge in [0.1, 0.15) is 0 Å². The maximum Gasteiger partial charge on any atom is 0.159 e. The molecule has 0 aromatic heterocycles. The topological polar surface area (TPSA) is 17.1 Å². The van der Waals surface area contributed by atoms with Gasteiger partial charge in [-0.25, -0.2) is 0 Å². The average molecular weight is 194 g/mol. The van der Waals surface area contributed by atoms with Crippen molar-refractivity contribution in [2.45, 2.75) is 26.2 Å². The summed E-state index contributed by atoms with van der Waals surface area (Å²) in [5, 5.41) is 0. The number of hydrogen-bond acceptors (Lipinski definition) is 1. The summed E-state index contributed by atoms with van der Waals surface area (Å²) in [5.74, 6) is 0.0367.